The number of allylic oxidation sites excluding steroid dienone is 2. The fraction of sp³-hybridized carbons (Fsp3) is 0.0811. The summed E-state index contributed by atoms with van der Waals surface area (Å²) in [7, 11) is 0. The lowest BCUT2D eigenvalue weighted by atomic mass is 9.81. The third-order valence-electron chi connectivity index (χ3n) is 7.64. The summed E-state index contributed by atoms with van der Waals surface area (Å²) in [6.45, 7) is 0. The molecule has 0 spiro atoms. The van der Waals surface area contributed by atoms with Crippen LogP contribution >= 0.6 is 0 Å². The van der Waals surface area contributed by atoms with Gasteiger partial charge in [0.05, 0.1) is 6.10 Å². The predicted octanol–water partition coefficient (Wildman–Crippen LogP) is 8.02. The van der Waals surface area contributed by atoms with Crippen molar-refractivity contribution in [3.8, 4) is 39.5 Å². The van der Waals surface area contributed by atoms with Gasteiger partial charge in [0.15, 0.2) is 0 Å². The van der Waals surface area contributed by atoms with E-state index in [-0.39, 0.29) is 17.2 Å². The van der Waals surface area contributed by atoms with E-state index in [2.05, 4.69) is 24.3 Å². The number of hydrogen-bond donors (Lipinski definition) is 4. The lowest BCUT2D eigenvalue weighted by molar-refractivity contribution is 0.226. The first kappa shape index (κ1) is 26.2. The summed E-state index contributed by atoms with van der Waals surface area (Å²) in [5, 5.41) is 42.1. The Morgan fingerprint density at radius 1 is 0.561 bits per heavy atom. The van der Waals surface area contributed by atoms with Gasteiger partial charge in [-0.15, -0.1) is 0 Å². The second-order valence-corrected chi connectivity index (χ2v) is 10.3. The van der Waals surface area contributed by atoms with E-state index in [0.717, 1.165) is 39.0 Å². The highest BCUT2D eigenvalue weighted by Crippen LogP contribution is 2.43. The average Bonchev–Trinajstić information content (AvgIpc) is 3.01. The van der Waals surface area contributed by atoms with Crippen molar-refractivity contribution in [2.24, 2.45) is 0 Å². The molecular weight excluding hydrogens is 508 g/mol. The zero-order chi connectivity index (χ0) is 28.3. The molecule has 1 aliphatic rings. The molecule has 1 aliphatic carbocycles. The van der Waals surface area contributed by atoms with Crippen molar-refractivity contribution in [3.63, 3.8) is 0 Å². The first-order valence-electron chi connectivity index (χ1n) is 13.6. The van der Waals surface area contributed by atoms with Crippen LogP contribution in [0.15, 0.2) is 133 Å². The number of aromatic hydroxyl groups is 3. The molecule has 0 saturated carbocycles. The van der Waals surface area contributed by atoms with Crippen molar-refractivity contribution in [1.29, 1.82) is 0 Å². The first-order valence-corrected chi connectivity index (χ1v) is 13.6. The molecule has 0 heterocycles. The summed E-state index contributed by atoms with van der Waals surface area (Å²) >= 11 is 0. The topological polar surface area (TPSA) is 80.9 Å². The van der Waals surface area contributed by atoms with Gasteiger partial charge in [-0.25, -0.2) is 0 Å². The second-order valence-electron chi connectivity index (χ2n) is 10.3. The van der Waals surface area contributed by atoms with E-state index in [4.69, 9.17) is 0 Å². The van der Waals surface area contributed by atoms with Gasteiger partial charge in [0.1, 0.15) is 17.2 Å². The maximum atomic E-state index is 11.2. The van der Waals surface area contributed by atoms with Crippen LogP contribution < -0.4 is 0 Å². The van der Waals surface area contributed by atoms with Gasteiger partial charge in [-0.05, 0) is 81.8 Å². The Morgan fingerprint density at radius 2 is 1.10 bits per heavy atom. The normalized spacial score (nSPS) is 15.3. The zero-order valence-corrected chi connectivity index (χ0v) is 22.4. The van der Waals surface area contributed by atoms with Gasteiger partial charge in [-0.2, -0.15) is 0 Å². The molecule has 6 rings (SSSR count). The number of hydrogen-bond acceptors (Lipinski definition) is 4. The van der Waals surface area contributed by atoms with Crippen LogP contribution in [0.3, 0.4) is 0 Å². The highest BCUT2D eigenvalue weighted by molar-refractivity contribution is 5.77. The second kappa shape index (κ2) is 11.2. The SMILES string of the molecule is Oc1ccc(-c2ccc(O)c(C(c3ccc(-c4ccccc4)cc3)c3cc(C4=CCC(O)C=C4)ccc3O)c2)cc1. The predicted molar refractivity (Wildman–Crippen MR) is 164 cm³/mol. The number of benzene rings is 5. The lowest BCUT2D eigenvalue weighted by Gasteiger charge is -2.23. The molecule has 0 amide bonds. The van der Waals surface area contributed by atoms with Crippen LogP contribution in [0, 0.1) is 0 Å². The molecule has 0 radical (unpaired) electrons. The summed E-state index contributed by atoms with van der Waals surface area (Å²) in [5.41, 5.74) is 8.08. The largest absolute Gasteiger partial charge is 0.508 e. The molecule has 5 aromatic carbocycles. The van der Waals surface area contributed by atoms with Gasteiger partial charge in [0, 0.05) is 17.0 Å². The molecule has 4 nitrogen and oxygen atoms in total. The number of aliphatic hydroxyl groups is 1. The standard InChI is InChI=1S/C37H30O4/c38-31-16-10-26(11-17-31)29-14-20-35(40)33(22-29)37(28-8-6-25(7-9-28)24-4-2-1-3-5-24)34-23-30(15-21-36(34)41)27-12-18-32(39)19-13-27/h1-18,20-23,32,37-41H,19H2. The van der Waals surface area contributed by atoms with Gasteiger partial charge < -0.3 is 20.4 Å². The van der Waals surface area contributed by atoms with Crippen LogP contribution in [-0.4, -0.2) is 26.5 Å². The first-order chi connectivity index (χ1) is 20.0. The molecule has 2 unspecified atom stereocenters. The van der Waals surface area contributed by atoms with Crippen molar-refractivity contribution in [1.82, 2.24) is 0 Å². The highest BCUT2D eigenvalue weighted by Gasteiger charge is 2.25. The zero-order valence-electron chi connectivity index (χ0n) is 22.4. The van der Waals surface area contributed by atoms with E-state index >= 15 is 0 Å². The molecule has 2 atom stereocenters. The summed E-state index contributed by atoms with van der Waals surface area (Å²) in [4.78, 5) is 0. The average molecular weight is 539 g/mol. The molecule has 202 valence electrons. The molecule has 0 aliphatic heterocycles. The van der Waals surface area contributed by atoms with Crippen molar-refractivity contribution in [3.05, 3.63) is 156 Å². The van der Waals surface area contributed by atoms with E-state index in [9.17, 15) is 20.4 Å². The Balaban J connectivity index is 1.50. The number of rotatable bonds is 6. The molecule has 5 aromatic rings. The molecule has 0 saturated heterocycles. The Labute approximate surface area is 239 Å². The van der Waals surface area contributed by atoms with Gasteiger partial charge in [0.25, 0.3) is 0 Å². The number of phenolic OH excluding ortho intramolecular Hbond substituents is 3. The Morgan fingerprint density at radius 3 is 1.73 bits per heavy atom. The molecule has 0 bridgehead atoms. The van der Waals surface area contributed by atoms with Crippen molar-refractivity contribution in [2.75, 3.05) is 0 Å². The Kier molecular flexibility index (Phi) is 7.15. The van der Waals surface area contributed by atoms with Crippen LogP contribution in [0.25, 0.3) is 27.8 Å². The molecule has 0 fully saturated rings. The van der Waals surface area contributed by atoms with Crippen LogP contribution in [0.5, 0.6) is 17.2 Å². The van der Waals surface area contributed by atoms with Crippen LogP contribution in [0.1, 0.15) is 34.6 Å². The van der Waals surface area contributed by atoms with Gasteiger partial charge in [0.2, 0.25) is 0 Å². The molecule has 41 heavy (non-hydrogen) atoms. The lowest BCUT2D eigenvalue weighted by Crippen LogP contribution is -2.07. The van der Waals surface area contributed by atoms with Gasteiger partial charge in [-0.3, -0.25) is 0 Å². The minimum Gasteiger partial charge on any atom is -0.508 e. The van der Waals surface area contributed by atoms with E-state index in [1.165, 1.54) is 0 Å². The summed E-state index contributed by atoms with van der Waals surface area (Å²) in [5.74, 6) is -0.0461. The smallest absolute Gasteiger partial charge is 0.119 e. The molecule has 4 heteroatoms. The van der Waals surface area contributed by atoms with E-state index in [0.29, 0.717) is 17.5 Å². The Hall–Kier alpha value is -5.06. The van der Waals surface area contributed by atoms with E-state index in [1.807, 2.05) is 78.9 Å². The maximum absolute atomic E-state index is 11.2. The quantitative estimate of drug-likeness (QED) is 0.165. The minimum atomic E-state index is -0.495. The summed E-state index contributed by atoms with van der Waals surface area (Å²) in [6.07, 6.45) is 5.70. The number of aliphatic hydroxyl groups excluding tert-OH is 1. The summed E-state index contributed by atoms with van der Waals surface area (Å²) < 4.78 is 0. The van der Waals surface area contributed by atoms with Crippen molar-refractivity contribution < 1.29 is 20.4 Å². The van der Waals surface area contributed by atoms with Crippen molar-refractivity contribution in [2.45, 2.75) is 18.4 Å². The third-order valence-corrected chi connectivity index (χ3v) is 7.64. The molecule has 4 N–H and O–H groups in total. The number of phenols is 3. The summed E-state index contributed by atoms with van der Waals surface area (Å²) in [6, 6.07) is 36.3. The van der Waals surface area contributed by atoms with E-state index in [1.54, 1.807) is 30.3 Å². The van der Waals surface area contributed by atoms with E-state index < -0.39 is 12.0 Å². The van der Waals surface area contributed by atoms with Gasteiger partial charge in [-0.1, -0.05) is 97.1 Å². The maximum Gasteiger partial charge on any atom is 0.119 e. The van der Waals surface area contributed by atoms with Crippen molar-refractivity contribution >= 4 is 5.57 Å². The molecule has 0 aromatic heterocycles. The highest BCUT2D eigenvalue weighted by atomic mass is 16.3. The van der Waals surface area contributed by atoms with Gasteiger partial charge >= 0.3 is 0 Å². The Bertz CT molecular complexity index is 1730. The van der Waals surface area contributed by atoms with Crippen LogP contribution in [0.2, 0.25) is 0 Å². The van der Waals surface area contributed by atoms with Crippen LogP contribution in [-0.2, 0) is 0 Å². The fourth-order valence-electron chi connectivity index (χ4n) is 5.43. The molecular formula is C37H30O4. The fourth-order valence-corrected chi connectivity index (χ4v) is 5.43. The monoisotopic (exact) mass is 538 g/mol. The minimum absolute atomic E-state index is 0.120. The van der Waals surface area contributed by atoms with Crippen LogP contribution in [0.4, 0.5) is 0 Å². The third kappa shape index (κ3) is 5.51.